The third-order valence-corrected chi connectivity index (χ3v) is 4.55. The highest BCUT2D eigenvalue weighted by Gasteiger charge is 2.13. The molecular weight excluding hydrogens is 340 g/mol. The Labute approximate surface area is 149 Å². The number of hydrogen-bond donors (Lipinski definition) is 2. The summed E-state index contributed by atoms with van der Waals surface area (Å²) in [6, 6.07) is 12.3. The largest absolute Gasteiger partial charge is 0.490 e. The average Bonchev–Trinajstić information content (AvgIpc) is 2.85. The highest BCUT2D eigenvalue weighted by molar-refractivity contribution is 8.00. The minimum Gasteiger partial charge on any atom is -0.490 e. The van der Waals surface area contributed by atoms with E-state index in [0.717, 1.165) is 17.1 Å². The molecule has 1 heterocycles. The van der Waals surface area contributed by atoms with E-state index in [4.69, 9.17) is 15.2 Å². The third-order valence-electron chi connectivity index (χ3n) is 3.56. The second-order valence-electron chi connectivity index (χ2n) is 5.41. The normalized spacial score (nSPS) is 13.0. The first-order valence-electron chi connectivity index (χ1n) is 7.84. The highest BCUT2D eigenvalue weighted by atomic mass is 32.2. The monoisotopic (exact) mass is 358 g/mol. The lowest BCUT2D eigenvalue weighted by molar-refractivity contribution is -0.113. The number of rotatable bonds is 5. The quantitative estimate of drug-likeness (QED) is 0.802. The Morgan fingerprint density at radius 1 is 1.08 bits per heavy atom. The van der Waals surface area contributed by atoms with Gasteiger partial charge in [-0.05, 0) is 30.3 Å². The van der Waals surface area contributed by atoms with Crippen molar-refractivity contribution in [3.8, 4) is 11.5 Å². The molecule has 2 amide bonds. The van der Waals surface area contributed by atoms with Crippen molar-refractivity contribution in [2.24, 2.45) is 5.73 Å². The van der Waals surface area contributed by atoms with Crippen molar-refractivity contribution >= 4 is 29.3 Å². The Kier molecular flexibility index (Phi) is 5.45. The van der Waals surface area contributed by atoms with Crippen LogP contribution in [0, 0.1) is 0 Å². The van der Waals surface area contributed by atoms with Gasteiger partial charge in [0.2, 0.25) is 5.91 Å². The fourth-order valence-electron chi connectivity index (χ4n) is 2.38. The topological polar surface area (TPSA) is 90.7 Å². The number of nitrogens with two attached hydrogens (primary N) is 1. The number of para-hydroxylation sites is 1. The van der Waals surface area contributed by atoms with Gasteiger partial charge in [-0.2, -0.15) is 0 Å². The standard InChI is InChI=1S/C18H18N2O4S/c19-18(22)13-4-1-2-5-14(13)20-17(21)11-25-12-6-7-15-16(10-12)24-9-3-8-23-15/h1-2,4-7,10H,3,8-9,11H2,(H2,19,22)(H,20,21). The predicted molar refractivity (Wildman–Crippen MR) is 96.4 cm³/mol. The van der Waals surface area contributed by atoms with Crippen LogP contribution in [0.1, 0.15) is 16.8 Å². The molecule has 0 saturated heterocycles. The summed E-state index contributed by atoms with van der Waals surface area (Å²) in [6.45, 7) is 1.26. The van der Waals surface area contributed by atoms with Crippen molar-refractivity contribution in [3.05, 3.63) is 48.0 Å². The van der Waals surface area contributed by atoms with Crippen LogP contribution in [-0.2, 0) is 4.79 Å². The van der Waals surface area contributed by atoms with Crippen LogP contribution in [0.3, 0.4) is 0 Å². The van der Waals surface area contributed by atoms with Crippen molar-refractivity contribution in [1.29, 1.82) is 0 Å². The summed E-state index contributed by atoms with van der Waals surface area (Å²) in [5, 5.41) is 2.72. The SMILES string of the molecule is NC(=O)c1ccccc1NC(=O)CSc1ccc2c(c1)OCCCO2. The Balaban J connectivity index is 1.61. The Morgan fingerprint density at radius 2 is 1.84 bits per heavy atom. The zero-order chi connectivity index (χ0) is 17.6. The molecule has 0 spiro atoms. The van der Waals surface area contributed by atoms with Gasteiger partial charge in [0, 0.05) is 11.3 Å². The number of carbonyl (C=O) groups excluding carboxylic acids is 2. The molecule has 0 aromatic heterocycles. The van der Waals surface area contributed by atoms with Crippen molar-refractivity contribution in [1.82, 2.24) is 0 Å². The van der Waals surface area contributed by atoms with Crippen LogP contribution >= 0.6 is 11.8 Å². The van der Waals surface area contributed by atoms with Crippen molar-refractivity contribution in [3.63, 3.8) is 0 Å². The number of nitrogens with one attached hydrogen (secondary N) is 1. The number of amides is 2. The van der Waals surface area contributed by atoms with Gasteiger partial charge in [0.15, 0.2) is 11.5 Å². The maximum absolute atomic E-state index is 12.2. The summed E-state index contributed by atoms with van der Waals surface area (Å²) in [5.74, 6) is 0.827. The first kappa shape index (κ1) is 17.2. The van der Waals surface area contributed by atoms with E-state index in [9.17, 15) is 9.59 Å². The molecule has 7 heteroatoms. The second-order valence-corrected chi connectivity index (χ2v) is 6.45. The number of fused-ring (bicyclic) bond motifs is 1. The van der Waals surface area contributed by atoms with E-state index >= 15 is 0 Å². The molecule has 0 saturated carbocycles. The average molecular weight is 358 g/mol. The zero-order valence-corrected chi connectivity index (χ0v) is 14.3. The number of primary amides is 1. The molecule has 130 valence electrons. The summed E-state index contributed by atoms with van der Waals surface area (Å²) >= 11 is 1.38. The smallest absolute Gasteiger partial charge is 0.250 e. The molecular formula is C18H18N2O4S. The highest BCUT2D eigenvalue weighted by Crippen LogP contribution is 2.33. The van der Waals surface area contributed by atoms with Crippen LogP contribution in [-0.4, -0.2) is 30.8 Å². The van der Waals surface area contributed by atoms with E-state index in [1.165, 1.54) is 11.8 Å². The van der Waals surface area contributed by atoms with Gasteiger partial charge in [-0.25, -0.2) is 0 Å². The van der Waals surface area contributed by atoms with E-state index in [1.54, 1.807) is 24.3 Å². The molecule has 25 heavy (non-hydrogen) atoms. The van der Waals surface area contributed by atoms with Gasteiger partial charge in [-0.3, -0.25) is 9.59 Å². The predicted octanol–water partition coefficient (Wildman–Crippen LogP) is 2.68. The molecule has 0 fully saturated rings. The molecule has 0 bridgehead atoms. The molecule has 2 aromatic rings. The van der Waals surface area contributed by atoms with Crippen LogP contribution < -0.4 is 20.5 Å². The molecule has 1 aliphatic heterocycles. The van der Waals surface area contributed by atoms with E-state index in [-0.39, 0.29) is 17.2 Å². The third kappa shape index (κ3) is 4.45. The van der Waals surface area contributed by atoms with Crippen molar-refractivity contribution < 1.29 is 19.1 Å². The number of benzene rings is 2. The molecule has 0 aliphatic carbocycles. The summed E-state index contributed by atoms with van der Waals surface area (Å²) < 4.78 is 11.2. The summed E-state index contributed by atoms with van der Waals surface area (Å²) in [6.07, 6.45) is 0.846. The van der Waals surface area contributed by atoms with Gasteiger partial charge >= 0.3 is 0 Å². The maximum atomic E-state index is 12.2. The van der Waals surface area contributed by atoms with Crippen LogP contribution in [0.5, 0.6) is 11.5 Å². The van der Waals surface area contributed by atoms with E-state index in [1.807, 2.05) is 18.2 Å². The molecule has 0 unspecified atom stereocenters. The van der Waals surface area contributed by atoms with E-state index in [2.05, 4.69) is 5.32 Å². The van der Waals surface area contributed by atoms with Gasteiger partial charge in [0.05, 0.1) is 30.2 Å². The lowest BCUT2D eigenvalue weighted by Gasteiger charge is -2.10. The molecule has 0 radical (unpaired) electrons. The summed E-state index contributed by atoms with van der Waals surface area (Å²) in [4.78, 5) is 24.5. The zero-order valence-electron chi connectivity index (χ0n) is 13.5. The summed E-state index contributed by atoms with van der Waals surface area (Å²) in [7, 11) is 0. The van der Waals surface area contributed by atoms with Crippen molar-refractivity contribution in [2.45, 2.75) is 11.3 Å². The maximum Gasteiger partial charge on any atom is 0.250 e. The van der Waals surface area contributed by atoms with Gasteiger partial charge in [-0.1, -0.05) is 12.1 Å². The minimum atomic E-state index is -0.577. The Morgan fingerprint density at radius 3 is 2.64 bits per heavy atom. The van der Waals surface area contributed by atoms with Crippen LogP contribution in [0.4, 0.5) is 5.69 Å². The second kappa shape index (κ2) is 7.94. The van der Waals surface area contributed by atoms with Crippen LogP contribution in [0.25, 0.3) is 0 Å². The van der Waals surface area contributed by atoms with Crippen molar-refractivity contribution in [2.75, 3.05) is 24.3 Å². The number of thioether (sulfide) groups is 1. The number of hydrogen-bond acceptors (Lipinski definition) is 5. The number of ether oxygens (including phenoxy) is 2. The van der Waals surface area contributed by atoms with Gasteiger partial charge in [-0.15, -0.1) is 11.8 Å². The summed E-state index contributed by atoms with van der Waals surface area (Å²) in [5.41, 5.74) is 6.02. The Hall–Kier alpha value is -2.67. The minimum absolute atomic E-state index is 0.201. The number of anilines is 1. The number of carbonyl (C=O) groups is 2. The van der Waals surface area contributed by atoms with Gasteiger partial charge in [0.1, 0.15) is 0 Å². The molecule has 0 atom stereocenters. The molecule has 2 aromatic carbocycles. The van der Waals surface area contributed by atoms with Gasteiger partial charge in [0.25, 0.3) is 5.91 Å². The fourth-order valence-corrected chi connectivity index (χ4v) is 3.10. The first-order chi connectivity index (χ1) is 12.1. The van der Waals surface area contributed by atoms with E-state index < -0.39 is 5.91 Å². The lowest BCUT2D eigenvalue weighted by Crippen LogP contribution is -2.19. The van der Waals surface area contributed by atoms with Gasteiger partial charge < -0.3 is 20.5 Å². The first-order valence-corrected chi connectivity index (χ1v) is 8.83. The van der Waals surface area contributed by atoms with Crippen LogP contribution in [0.15, 0.2) is 47.4 Å². The molecule has 6 nitrogen and oxygen atoms in total. The fraction of sp³-hybridized carbons (Fsp3) is 0.222. The van der Waals surface area contributed by atoms with E-state index in [0.29, 0.717) is 24.7 Å². The molecule has 1 aliphatic rings. The molecule has 3 rings (SSSR count). The lowest BCUT2D eigenvalue weighted by atomic mass is 10.1. The Bertz CT molecular complexity index is 794. The van der Waals surface area contributed by atoms with Crippen LogP contribution in [0.2, 0.25) is 0 Å². The molecule has 3 N–H and O–H groups in total.